The van der Waals surface area contributed by atoms with E-state index >= 15 is 0 Å². The molecule has 6 heteroatoms. The maximum absolute atomic E-state index is 12.5. The molecule has 0 aliphatic rings. The van der Waals surface area contributed by atoms with Crippen molar-refractivity contribution in [2.75, 3.05) is 6.61 Å². The normalized spacial score (nSPS) is 10.7. The third-order valence-electron chi connectivity index (χ3n) is 3.47. The summed E-state index contributed by atoms with van der Waals surface area (Å²) in [6, 6.07) is 5.01. The Morgan fingerprint density at radius 2 is 1.91 bits per heavy atom. The van der Waals surface area contributed by atoms with Crippen LogP contribution in [-0.2, 0) is 11.3 Å². The van der Waals surface area contributed by atoms with Gasteiger partial charge in [0.15, 0.2) is 5.43 Å². The summed E-state index contributed by atoms with van der Waals surface area (Å²) >= 11 is 12.0. The number of aryl methyl sites for hydroxylation is 2. The van der Waals surface area contributed by atoms with Gasteiger partial charge in [-0.15, -0.1) is 0 Å². The van der Waals surface area contributed by atoms with Crippen LogP contribution in [0, 0.1) is 6.92 Å². The molecule has 0 N–H and O–H groups in total. The van der Waals surface area contributed by atoms with E-state index < -0.39 is 5.97 Å². The van der Waals surface area contributed by atoms with Crippen molar-refractivity contribution in [3.63, 3.8) is 0 Å². The third kappa shape index (κ3) is 3.43. The van der Waals surface area contributed by atoms with E-state index in [0.717, 1.165) is 0 Å². The molecular weight excluding hydrogens is 337 g/mol. The quantitative estimate of drug-likeness (QED) is 0.768. The van der Waals surface area contributed by atoms with Gasteiger partial charge in [0, 0.05) is 23.9 Å². The molecule has 0 fully saturated rings. The number of ether oxygens (including phenoxy) is 1. The topological polar surface area (TPSA) is 48.3 Å². The van der Waals surface area contributed by atoms with Gasteiger partial charge in [-0.1, -0.05) is 29.3 Å². The summed E-state index contributed by atoms with van der Waals surface area (Å²) in [6.07, 6.45) is 1.73. The second-order valence-electron chi connectivity index (χ2n) is 5.00. The van der Waals surface area contributed by atoms with Gasteiger partial charge >= 0.3 is 5.97 Å². The van der Waals surface area contributed by atoms with Crippen LogP contribution in [0.15, 0.2) is 29.2 Å². The summed E-state index contributed by atoms with van der Waals surface area (Å²) in [4.78, 5) is 24.9. The molecule has 0 radical (unpaired) electrons. The van der Waals surface area contributed by atoms with Crippen LogP contribution in [0.2, 0.25) is 10.0 Å². The average molecular weight is 354 g/mol. The van der Waals surface area contributed by atoms with E-state index in [1.165, 1.54) is 0 Å². The first-order valence-corrected chi connectivity index (χ1v) is 8.02. The molecule has 122 valence electrons. The van der Waals surface area contributed by atoms with E-state index in [-0.39, 0.29) is 17.6 Å². The number of halogens is 2. The number of esters is 1. The summed E-state index contributed by atoms with van der Waals surface area (Å²) in [5.74, 6) is -0.635. The Hall–Kier alpha value is -1.78. The molecule has 1 heterocycles. The van der Waals surface area contributed by atoms with E-state index in [1.54, 1.807) is 38.2 Å². The minimum Gasteiger partial charge on any atom is -0.462 e. The van der Waals surface area contributed by atoms with Crippen molar-refractivity contribution >= 4 is 29.2 Å². The second kappa shape index (κ2) is 7.20. The molecule has 0 unspecified atom stereocenters. The van der Waals surface area contributed by atoms with Crippen LogP contribution in [-0.4, -0.2) is 17.1 Å². The van der Waals surface area contributed by atoms with Gasteiger partial charge in [0.2, 0.25) is 0 Å². The van der Waals surface area contributed by atoms with Crippen LogP contribution in [0.4, 0.5) is 0 Å². The SMILES string of the molecule is CCOC(=O)c1c(-c2ccc(Cl)c(Cl)c2)n(CC)cc(C)c1=O. The van der Waals surface area contributed by atoms with E-state index in [4.69, 9.17) is 27.9 Å². The van der Waals surface area contributed by atoms with Crippen LogP contribution >= 0.6 is 23.2 Å². The smallest absolute Gasteiger partial charge is 0.344 e. The molecular formula is C17H17Cl2NO3. The maximum atomic E-state index is 12.5. The van der Waals surface area contributed by atoms with Gasteiger partial charge in [-0.3, -0.25) is 4.79 Å². The lowest BCUT2D eigenvalue weighted by Crippen LogP contribution is -2.24. The van der Waals surface area contributed by atoms with E-state index in [1.807, 2.05) is 11.5 Å². The molecule has 2 aromatic rings. The van der Waals surface area contributed by atoms with E-state index in [9.17, 15) is 9.59 Å². The van der Waals surface area contributed by atoms with Crippen molar-refractivity contribution in [1.82, 2.24) is 4.57 Å². The predicted octanol–water partition coefficient (Wildman–Crippen LogP) is 4.33. The molecule has 0 atom stereocenters. The lowest BCUT2D eigenvalue weighted by molar-refractivity contribution is 0.0525. The summed E-state index contributed by atoms with van der Waals surface area (Å²) in [5, 5.41) is 0.764. The monoisotopic (exact) mass is 353 g/mol. The predicted molar refractivity (Wildman–Crippen MR) is 92.5 cm³/mol. The molecule has 0 saturated carbocycles. The third-order valence-corrected chi connectivity index (χ3v) is 4.21. The molecule has 23 heavy (non-hydrogen) atoms. The molecule has 0 saturated heterocycles. The first kappa shape index (κ1) is 17.6. The largest absolute Gasteiger partial charge is 0.462 e. The number of hydrogen-bond acceptors (Lipinski definition) is 3. The number of benzene rings is 1. The number of aromatic nitrogens is 1. The van der Waals surface area contributed by atoms with Crippen molar-refractivity contribution < 1.29 is 9.53 Å². The fourth-order valence-corrected chi connectivity index (χ4v) is 2.70. The molecule has 0 aliphatic heterocycles. The number of carbonyl (C=O) groups is 1. The standard InChI is InChI=1S/C17H17Cl2NO3/c1-4-20-9-10(3)16(21)14(17(22)23-5-2)15(20)11-6-7-12(18)13(19)8-11/h6-9H,4-5H2,1-3H3. The lowest BCUT2D eigenvalue weighted by Gasteiger charge is -2.17. The molecule has 0 amide bonds. The second-order valence-corrected chi connectivity index (χ2v) is 5.81. The van der Waals surface area contributed by atoms with Crippen molar-refractivity contribution in [3.8, 4) is 11.3 Å². The zero-order valence-corrected chi connectivity index (χ0v) is 14.7. The van der Waals surface area contributed by atoms with Gasteiger partial charge in [-0.2, -0.15) is 0 Å². The first-order valence-electron chi connectivity index (χ1n) is 7.27. The fraction of sp³-hybridized carbons (Fsp3) is 0.294. The summed E-state index contributed by atoms with van der Waals surface area (Å²) in [7, 11) is 0. The van der Waals surface area contributed by atoms with Gasteiger partial charge < -0.3 is 9.30 Å². The summed E-state index contributed by atoms with van der Waals surface area (Å²) in [6.45, 7) is 6.09. The van der Waals surface area contributed by atoms with Crippen LogP contribution in [0.1, 0.15) is 29.8 Å². The van der Waals surface area contributed by atoms with Crippen molar-refractivity contribution in [2.45, 2.75) is 27.3 Å². The number of nitrogens with zero attached hydrogens (tertiary/aromatic N) is 1. The Morgan fingerprint density at radius 3 is 2.48 bits per heavy atom. The van der Waals surface area contributed by atoms with Crippen LogP contribution in [0.3, 0.4) is 0 Å². The zero-order valence-electron chi connectivity index (χ0n) is 13.2. The Bertz CT molecular complexity index is 812. The minimum absolute atomic E-state index is 0.0205. The highest BCUT2D eigenvalue weighted by Crippen LogP contribution is 2.30. The fourth-order valence-electron chi connectivity index (χ4n) is 2.40. The molecule has 1 aromatic heterocycles. The van der Waals surface area contributed by atoms with Gasteiger partial charge in [-0.05, 0) is 32.9 Å². The van der Waals surface area contributed by atoms with Gasteiger partial charge in [0.1, 0.15) is 5.56 Å². The van der Waals surface area contributed by atoms with Crippen molar-refractivity contribution in [1.29, 1.82) is 0 Å². The van der Waals surface area contributed by atoms with E-state index in [0.29, 0.717) is 33.4 Å². The molecule has 0 bridgehead atoms. The number of pyridine rings is 1. The maximum Gasteiger partial charge on any atom is 0.344 e. The van der Waals surface area contributed by atoms with Crippen LogP contribution in [0.25, 0.3) is 11.3 Å². The Balaban J connectivity index is 2.83. The molecule has 2 rings (SSSR count). The van der Waals surface area contributed by atoms with Gasteiger partial charge in [-0.25, -0.2) is 4.79 Å². The van der Waals surface area contributed by atoms with E-state index in [2.05, 4.69) is 0 Å². The highest BCUT2D eigenvalue weighted by Gasteiger charge is 2.22. The zero-order chi connectivity index (χ0) is 17.1. The first-order chi connectivity index (χ1) is 10.9. The lowest BCUT2D eigenvalue weighted by atomic mass is 10.0. The van der Waals surface area contributed by atoms with Crippen LogP contribution < -0.4 is 5.43 Å². The van der Waals surface area contributed by atoms with Crippen LogP contribution in [0.5, 0.6) is 0 Å². The van der Waals surface area contributed by atoms with Gasteiger partial charge in [0.05, 0.1) is 22.3 Å². The van der Waals surface area contributed by atoms with Crippen molar-refractivity contribution in [3.05, 3.63) is 55.8 Å². The Labute approximate surface area is 144 Å². The number of hydrogen-bond donors (Lipinski definition) is 0. The highest BCUT2D eigenvalue weighted by molar-refractivity contribution is 6.42. The van der Waals surface area contributed by atoms with Crippen molar-refractivity contribution in [2.24, 2.45) is 0 Å². The summed E-state index contributed by atoms with van der Waals surface area (Å²) in [5.41, 5.74) is 1.29. The Kier molecular flexibility index (Phi) is 5.50. The van der Waals surface area contributed by atoms with Gasteiger partial charge in [0.25, 0.3) is 0 Å². The molecule has 1 aromatic carbocycles. The average Bonchev–Trinajstić information content (AvgIpc) is 2.52. The minimum atomic E-state index is -0.635. The number of rotatable bonds is 4. The highest BCUT2D eigenvalue weighted by atomic mass is 35.5. The molecule has 0 aliphatic carbocycles. The molecule has 0 spiro atoms. The molecule has 4 nitrogen and oxygen atoms in total. The number of carbonyl (C=O) groups excluding carboxylic acids is 1. The summed E-state index contributed by atoms with van der Waals surface area (Å²) < 4.78 is 6.90. The Morgan fingerprint density at radius 1 is 1.22 bits per heavy atom.